The first-order valence-electron chi connectivity index (χ1n) is 8.03. The second-order valence-electron chi connectivity index (χ2n) is 6.25. The molecule has 3 heterocycles. The summed E-state index contributed by atoms with van der Waals surface area (Å²) in [5.41, 5.74) is 1.53. The first-order valence-corrected chi connectivity index (χ1v) is 8.03. The zero-order valence-corrected chi connectivity index (χ0v) is 14.2. The molecule has 0 bridgehead atoms. The second kappa shape index (κ2) is 6.60. The van der Waals surface area contributed by atoms with Gasteiger partial charge in [-0.05, 0) is 38.0 Å². The SMILES string of the molecule is Cc1cc(CO)oc1C(=O)N1CCCC1c1ccc(N(C)C)nn1. The molecule has 1 unspecified atom stereocenters. The van der Waals surface area contributed by atoms with Crippen molar-refractivity contribution in [3.8, 4) is 0 Å². The highest BCUT2D eigenvalue weighted by molar-refractivity contribution is 5.93. The minimum absolute atomic E-state index is 0.0942. The van der Waals surface area contributed by atoms with Gasteiger partial charge < -0.3 is 19.3 Å². The van der Waals surface area contributed by atoms with Gasteiger partial charge in [-0.1, -0.05) is 0 Å². The molecule has 1 N–H and O–H groups in total. The van der Waals surface area contributed by atoms with Gasteiger partial charge in [-0.25, -0.2) is 0 Å². The van der Waals surface area contributed by atoms with Crippen LogP contribution in [0.25, 0.3) is 0 Å². The van der Waals surface area contributed by atoms with Gasteiger partial charge in [0.1, 0.15) is 12.4 Å². The Balaban J connectivity index is 1.84. The van der Waals surface area contributed by atoms with Crippen molar-refractivity contribution < 1.29 is 14.3 Å². The van der Waals surface area contributed by atoms with E-state index in [1.165, 1.54) is 0 Å². The smallest absolute Gasteiger partial charge is 0.290 e. The summed E-state index contributed by atoms with van der Waals surface area (Å²) in [6.07, 6.45) is 1.77. The minimum Gasteiger partial charge on any atom is -0.453 e. The highest BCUT2D eigenvalue weighted by Gasteiger charge is 2.34. The van der Waals surface area contributed by atoms with Gasteiger partial charge in [0.15, 0.2) is 11.6 Å². The number of furan rings is 1. The van der Waals surface area contributed by atoms with Crippen molar-refractivity contribution in [2.45, 2.75) is 32.4 Å². The maximum absolute atomic E-state index is 12.9. The van der Waals surface area contributed by atoms with Crippen LogP contribution in [-0.4, -0.2) is 46.8 Å². The van der Waals surface area contributed by atoms with Gasteiger partial charge >= 0.3 is 0 Å². The standard InChI is InChI=1S/C17H22N4O3/c1-11-9-12(10-22)24-16(11)17(23)21-8-4-5-14(21)13-6-7-15(19-18-13)20(2)3/h6-7,9,14,22H,4-5,8,10H2,1-3H3. The molecule has 2 aromatic rings. The Morgan fingerprint density at radius 2 is 2.21 bits per heavy atom. The van der Waals surface area contributed by atoms with Crippen LogP contribution in [-0.2, 0) is 6.61 Å². The zero-order valence-electron chi connectivity index (χ0n) is 14.2. The Kier molecular flexibility index (Phi) is 4.53. The van der Waals surface area contributed by atoms with E-state index in [9.17, 15) is 9.90 Å². The zero-order chi connectivity index (χ0) is 17.3. The van der Waals surface area contributed by atoms with Crippen molar-refractivity contribution in [2.75, 3.05) is 25.5 Å². The van der Waals surface area contributed by atoms with Crippen LogP contribution in [0, 0.1) is 6.92 Å². The lowest BCUT2D eigenvalue weighted by atomic mass is 10.1. The lowest BCUT2D eigenvalue weighted by Crippen LogP contribution is -2.31. The Hall–Kier alpha value is -2.41. The molecular formula is C17H22N4O3. The average Bonchev–Trinajstić information content (AvgIpc) is 3.20. The van der Waals surface area contributed by atoms with Gasteiger partial charge in [0.25, 0.3) is 5.91 Å². The van der Waals surface area contributed by atoms with Crippen molar-refractivity contribution >= 4 is 11.7 Å². The molecule has 1 fully saturated rings. The molecule has 7 nitrogen and oxygen atoms in total. The number of aromatic nitrogens is 2. The third kappa shape index (κ3) is 2.99. The summed E-state index contributed by atoms with van der Waals surface area (Å²) in [6, 6.07) is 5.44. The molecule has 7 heteroatoms. The molecule has 1 saturated heterocycles. The number of rotatable bonds is 4. The highest BCUT2D eigenvalue weighted by atomic mass is 16.4. The number of aliphatic hydroxyl groups excluding tert-OH is 1. The predicted octanol–water partition coefficient (Wildman–Crippen LogP) is 1.91. The van der Waals surface area contributed by atoms with E-state index in [4.69, 9.17) is 4.42 Å². The Morgan fingerprint density at radius 1 is 1.42 bits per heavy atom. The number of likely N-dealkylation sites (tertiary alicyclic amines) is 1. The molecule has 1 atom stereocenters. The van der Waals surface area contributed by atoms with E-state index in [-0.39, 0.29) is 18.6 Å². The number of hydrogen-bond acceptors (Lipinski definition) is 6. The third-order valence-corrected chi connectivity index (χ3v) is 4.30. The summed E-state index contributed by atoms with van der Waals surface area (Å²) in [5, 5.41) is 17.7. The molecule has 0 radical (unpaired) electrons. The van der Waals surface area contributed by atoms with Gasteiger partial charge in [0.2, 0.25) is 0 Å². The van der Waals surface area contributed by atoms with E-state index in [2.05, 4.69) is 10.2 Å². The Labute approximate surface area is 140 Å². The number of nitrogens with zero attached hydrogens (tertiary/aromatic N) is 4. The molecule has 1 aliphatic heterocycles. The van der Waals surface area contributed by atoms with Crippen LogP contribution in [0.1, 0.15) is 46.5 Å². The number of anilines is 1. The van der Waals surface area contributed by atoms with E-state index < -0.39 is 0 Å². The molecule has 3 rings (SSSR count). The summed E-state index contributed by atoms with van der Waals surface area (Å²) in [6.45, 7) is 2.26. The number of aliphatic hydroxyl groups is 1. The van der Waals surface area contributed by atoms with Crippen molar-refractivity contribution in [3.05, 3.63) is 41.0 Å². The fourth-order valence-corrected chi connectivity index (χ4v) is 3.04. The number of amides is 1. The maximum atomic E-state index is 12.9. The molecule has 2 aromatic heterocycles. The number of aryl methyl sites for hydroxylation is 1. The summed E-state index contributed by atoms with van der Waals surface area (Å²) >= 11 is 0. The number of hydrogen-bond donors (Lipinski definition) is 1. The van der Waals surface area contributed by atoms with Gasteiger partial charge in [0, 0.05) is 26.2 Å². The number of carbonyl (C=O) groups is 1. The van der Waals surface area contributed by atoms with E-state index in [0.29, 0.717) is 18.1 Å². The fourth-order valence-electron chi connectivity index (χ4n) is 3.04. The lowest BCUT2D eigenvalue weighted by Gasteiger charge is -2.23. The minimum atomic E-state index is -0.213. The van der Waals surface area contributed by atoms with E-state index in [0.717, 1.165) is 29.9 Å². The molecule has 24 heavy (non-hydrogen) atoms. The normalized spacial score (nSPS) is 17.3. The average molecular weight is 330 g/mol. The quantitative estimate of drug-likeness (QED) is 0.922. The van der Waals surface area contributed by atoms with Gasteiger partial charge in [-0.2, -0.15) is 5.10 Å². The molecule has 1 aliphatic rings. The molecule has 1 amide bonds. The first kappa shape index (κ1) is 16.4. The maximum Gasteiger partial charge on any atom is 0.290 e. The summed E-state index contributed by atoms with van der Waals surface area (Å²) in [5.74, 6) is 1.32. The van der Waals surface area contributed by atoms with Crippen molar-refractivity contribution in [1.29, 1.82) is 0 Å². The van der Waals surface area contributed by atoms with Crippen LogP contribution in [0.15, 0.2) is 22.6 Å². The van der Waals surface area contributed by atoms with Crippen LogP contribution < -0.4 is 4.90 Å². The molecule has 0 spiro atoms. The predicted molar refractivity (Wildman–Crippen MR) is 88.7 cm³/mol. The Morgan fingerprint density at radius 3 is 2.79 bits per heavy atom. The largest absolute Gasteiger partial charge is 0.453 e. The summed E-state index contributed by atoms with van der Waals surface area (Å²) < 4.78 is 5.49. The van der Waals surface area contributed by atoms with Crippen LogP contribution in [0.2, 0.25) is 0 Å². The monoisotopic (exact) mass is 330 g/mol. The number of carbonyl (C=O) groups excluding carboxylic acids is 1. The fraction of sp³-hybridized carbons (Fsp3) is 0.471. The molecule has 0 saturated carbocycles. The van der Waals surface area contributed by atoms with Crippen molar-refractivity contribution in [1.82, 2.24) is 15.1 Å². The van der Waals surface area contributed by atoms with E-state index in [1.54, 1.807) is 11.0 Å². The van der Waals surface area contributed by atoms with Crippen LogP contribution >= 0.6 is 0 Å². The Bertz CT molecular complexity index is 724. The second-order valence-corrected chi connectivity index (χ2v) is 6.25. The highest BCUT2D eigenvalue weighted by Crippen LogP contribution is 2.33. The van der Waals surface area contributed by atoms with Gasteiger partial charge in [0.05, 0.1) is 11.7 Å². The molecule has 128 valence electrons. The van der Waals surface area contributed by atoms with Crippen molar-refractivity contribution in [3.63, 3.8) is 0 Å². The molecule has 0 aromatic carbocycles. The molecule has 0 aliphatic carbocycles. The first-order chi connectivity index (χ1) is 11.5. The van der Waals surface area contributed by atoms with Gasteiger partial charge in [-0.3, -0.25) is 4.79 Å². The van der Waals surface area contributed by atoms with E-state index in [1.807, 2.05) is 38.1 Å². The summed E-state index contributed by atoms with van der Waals surface area (Å²) in [4.78, 5) is 16.5. The van der Waals surface area contributed by atoms with Crippen LogP contribution in [0.4, 0.5) is 5.82 Å². The third-order valence-electron chi connectivity index (χ3n) is 4.30. The van der Waals surface area contributed by atoms with Crippen LogP contribution in [0.3, 0.4) is 0 Å². The van der Waals surface area contributed by atoms with E-state index >= 15 is 0 Å². The van der Waals surface area contributed by atoms with Crippen molar-refractivity contribution in [2.24, 2.45) is 0 Å². The van der Waals surface area contributed by atoms with Gasteiger partial charge in [-0.15, -0.1) is 5.10 Å². The lowest BCUT2D eigenvalue weighted by molar-refractivity contribution is 0.0694. The molecular weight excluding hydrogens is 308 g/mol. The topological polar surface area (TPSA) is 82.7 Å². The van der Waals surface area contributed by atoms with Crippen LogP contribution in [0.5, 0.6) is 0 Å². The summed E-state index contributed by atoms with van der Waals surface area (Å²) in [7, 11) is 3.82.